The summed E-state index contributed by atoms with van der Waals surface area (Å²) < 4.78 is 5.72. The van der Waals surface area contributed by atoms with Crippen molar-refractivity contribution in [3.63, 3.8) is 0 Å². The standard InChI is InChI=1S/C20H21N3O5/c1-3-17-20(25)22(16-6-4-5-7-18(16)28-17)11-10-19(24)21-15-12-14(23(26)27)9-8-13(15)2/h4-9,12,17H,3,10-11H2,1-2H3,(H,21,24). The van der Waals surface area contributed by atoms with Crippen LogP contribution in [0.3, 0.4) is 0 Å². The van der Waals surface area contributed by atoms with E-state index in [1.165, 1.54) is 12.1 Å². The number of hydrogen-bond donors (Lipinski definition) is 1. The Balaban J connectivity index is 1.71. The summed E-state index contributed by atoms with van der Waals surface area (Å²) in [6, 6.07) is 11.5. The molecule has 146 valence electrons. The number of ether oxygens (including phenoxy) is 1. The van der Waals surface area contributed by atoms with Crippen molar-refractivity contribution in [3.05, 3.63) is 58.1 Å². The number of amides is 2. The van der Waals surface area contributed by atoms with Gasteiger partial charge in [-0.2, -0.15) is 0 Å². The minimum atomic E-state index is -0.572. The Hall–Kier alpha value is -3.42. The van der Waals surface area contributed by atoms with Crippen LogP contribution in [0.15, 0.2) is 42.5 Å². The molecule has 2 aromatic rings. The maximum Gasteiger partial charge on any atom is 0.271 e. The number of carbonyl (C=O) groups is 2. The molecule has 0 radical (unpaired) electrons. The van der Waals surface area contributed by atoms with E-state index in [9.17, 15) is 19.7 Å². The van der Waals surface area contributed by atoms with Gasteiger partial charge in [0, 0.05) is 25.1 Å². The molecule has 0 fully saturated rings. The lowest BCUT2D eigenvalue weighted by Crippen LogP contribution is -2.46. The van der Waals surface area contributed by atoms with Gasteiger partial charge < -0.3 is 15.0 Å². The molecule has 1 aliphatic rings. The van der Waals surface area contributed by atoms with Crippen molar-refractivity contribution in [2.24, 2.45) is 0 Å². The number of hydrogen-bond acceptors (Lipinski definition) is 5. The van der Waals surface area contributed by atoms with E-state index >= 15 is 0 Å². The number of nitrogens with one attached hydrogen (secondary N) is 1. The highest BCUT2D eigenvalue weighted by atomic mass is 16.6. The summed E-state index contributed by atoms with van der Waals surface area (Å²) >= 11 is 0. The summed E-state index contributed by atoms with van der Waals surface area (Å²) in [4.78, 5) is 37.0. The second kappa shape index (κ2) is 8.08. The maximum absolute atomic E-state index is 12.7. The highest BCUT2D eigenvalue weighted by molar-refractivity contribution is 6.01. The molecule has 0 aromatic heterocycles. The molecule has 0 bridgehead atoms. The Bertz CT molecular complexity index is 928. The van der Waals surface area contributed by atoms with Crippen molar-refractivity contribution >= 4 is 28.9 Å². The van der Waals surface area contributed by atoms with Gasteiger partial charge in [-0.15, -0.1) is 0 Å². The minimum absolute atomic E-state index is 0.0542. The molecule has 1 heterocycles. The van der Waals surface area contributed by atoms with E-state index in [0.717, 1.165) is 5.56 Å². The van der Waals surface area contributed by atoms with Crippen molar-refractivity contribution in [1.29, 1.82) is 0 Å². The fraction of sp³-hybridized carbons (Fsp3) is 0.300. The van der Waals surface area contributed by atoms with Crippen molar-refractivity contribution in [1.82, 2.24) is 0 Å². The molecule has 8 heteroatoms. The third-order valence-electron chi connectivity index (χ3n) is 4.61. The van der Waals surface area contributed by atoms with Crippen LogP contribution in [0.5, 0.6) is 5.75 Å². The first-order chi connectivity index (χ1) is 13.4. The van der Waals surface area contributed by atoms with Gasteiger partial charge in [-0.1, -0.05) is 25.1 Å². The number of nitrogens with zero attached hydrogens (tertiary/aromatic N) is 2. The van der Waals surface area contributed by atoms with Crippen LogP contribution < -0.4 is 15.0 Å². The molecule has 0 saturated heterocycles. The van der Waals surface area contributed by atoms with Crippen LogP contribution in [0, 0.1) is 17.0 Å². The molecule has 1 aliphatic heterocycles. The quantitative estimate of drug-likeness (QED) is 0.608. The van der Waals surface area contributed by atoms with Crippen LogP contribution in [-0.4, -0.2) is 29.4 Å². The number of aryl methyl sites for hydroxylation is 1. The van der Waals surface area contributed by atoms with E-state index in [0.29, 0.717) is 23.5 Å². The summed E-state index contributed by atoms with van der Waals surface area (Å²) in [6.45, 7) is 3.81. The van der Waals surface area contributed by atoms with Crippen LogP contribution in [0.1, 0.15) is 25.3 Å². The van der Waals surface area contributed by atoms with Gasteiger partial charge in [0.2, 0.25) is 5.91 Å². The molecule has 3 rings (SSSR count). The highest BCUT2D eigenvalue weighted by Crippen LogP contribution is 2.34. The topological polar surface area (TPSA) is 102 Å². The first kappa shape index (κ1) is 19.3. The zero-order valence-electron chi connectivity index (χ0n) is 15.7. The number of fused-ring (bicyclic) bond motifs is 1. The molecule has 2 aromatic carbocycles. The smallest absolute Gasteiger partial charge is 0.271 e. The van der Waals surface area contributed by atoms with Gasteiger partial charge in [-0.05, 0) is 31.0 Å². The summed E-state index contributed by atoms with van der Waals surface area (Å²) in [5.74, 6) is 0.109. The van der Waals surface area contributed by atoms with E-state index in [4.69, 9.17) is 4.74 Å². The van der Waals surface area contributed by atoms with E-state index in [1.54, 1.807) is 36.1 Å². The largest absolute Gasteiger partial charge is 0.478 e. The molecular formula is C20H21N3O5. The van der Waals surface area contributed by atoms with E-state index in [1.807, 2.05) is 13.0 Å². The Morgan fingerprint density at radius 1 is 1.29 bits per heavy atom. The highest BCUT2D eigenvalue weighted by Gasteiger charge is 2.33. The zero-order valence-corrected chi connectivity index (χ0v) is 15.7. The van der Waals surface area contributed by atoms with E-state index in [2.05, 4.69) is 5.32 Å². The van der Waals surface area contributed by atoms with E-state index in [-0.39, 0.29) is 30.5 Å². The predicted octanol–water partition coefficient (Wildman–Crippen LogP) is 3.44. The normalized spacial score (nSPS) is 15.6. The van der Waals surface area contributed by atoms with Crippen LogP contribution in [0.2, 0.25) is 0 Å². The summed E-state index contributed by atoms with van der Waals surface area (Å²) in [6.07, 6.45) is 0.0125. The number of carbonyl (C=O) groups excluding carboxylic acids is 2. The van der Waals surface area contributed by atoms with Gasteiger partial charge >= 0.3 is 0 Å². The second-order valence-electron chi connectivity index (χ2n) is 6.53. The van der Waals surface area contributed by atoms with Gasteiger partial charge in [-0.3, -0.25) is 19.7 Å². The van der Waals surface area contributed by atoms with Gasteiger partial charge in [0.1, 0.15) is 5.75 Å². The SMILES string of the molecule is CCC1Oc2ccccc2N(CCC(=O)Nc2cc([N+](=O)[O-])ccc2C)C1=O. The summed E-state index contributed by atoms with van der Waals surface area (Å²) in [5, 5.41) is 13.6. The van der Waals surface area contributed by atoms with Crippen LogP contribution in [0.4, 0.5) is 17.1 Å². The lowest BCUT2D eigenvalue weighted by atomic mass is 10.1. The monoisotopic (exact) mass is 383 g/mol. The summed E-state index contributed by atoms with van der Waals surface area (Å²) in [5.41, 5.74) is 1.65. The fourth-order valence-electron chi connectivity index (χ4n) is 3.05. The van der Waals surface area contributed by atoms with Crippen LogP contribution in [0.25, 0.3) is 0 Å². The number of anilines is 2. The molecule has 1 N–H and O–H groups in total. The number of para-hydroxylation sites is 2. The van der Waals surface area contributed by atoms with Crippen molar-refractivity contribution in [2.75, 3.05) is 16.8 Å². The first-order valence-corrected chi connectivity index (χ1v) is 9.02. The number of rotatable bonds is 6. The summed E-state index contributed by atoms with van der Waals surface area (Å²) in [7, 11) is 0. The van der Waals surface area contributed by atoms with E-state index < -0.39 is 11.0 Å². The zero-order chi connectivity index (χ0) is 20.3. The lowest BCUT2D eigenvalue weighted by Gasteiger charge is -2.33. The van der Waals surface area contributed by atoms with Crippen LogP contribution >= 0.6 is 0 Å². The molecule has 8 nitrogen and oxygen atoms in total. The average molecular weight is 383 g/mol. The molecule has 0 spiro atoms. The second-order valence-corrected chi connectivity index (χ2v) is 6.53. The Morgan fingerprint density at radius 3 is 2.75 bits per heavy atom. The Labute approximate surface area is 162 Å². The maximum atomic E-state index is 12.7. The Kier molecular flexibility index (Phi) is 5.58. The third-order valence-corrected chi connectivity index (χ3v) is 4.61. The molecule has 28 heavy (non-hydrogen) atoms. The van der Waals surface area contributed by atoms with Crippen molar-refractivity contribution in [3.8, 4) is 5.75 Å². The predicted molar refractivity (Wildman–Crippen MR) is 105 cm³/mol. The number of nitro groups is 1. The van der Waals surface area contributed by atoms with Gasteiger partial charge in [0.15, 0.2) is 6.10 Å². The van der Waals surface area contributed by atoms with Gasteiger partial charge in [0.25, 0.3) is 11.6 Å². The van der Waals surface area contributed by atoms with Crippen molar-refractivity contribution < 1.29 is 19.2 Å². The van der Waals surface area contributed by atoms with Gasteiger partial charge in [-0.25, -0.2) is 0 Å². The van der Waals surface area contributed by atoms with Gasteiger partial charge in [0.05, 0.1) is 16.3 Å². The third kappa shape index (κ3) is 3.95. The Morgan fingerprint density at radius 2 is 2.04 bits per heavy atom. The molecule has 2 amide bonds. The van der Waals surface area contributed by atoms with Crippen molar-refractivity contribution in [2.45, 2.75) is 32.8 Å². The van der Waals surface area contributed by atoms with Crippen LogP contribution in [-0.2, 0) is 9.59 Å². The molecule has 0 saturated carbocycles. The fourth-order valence-corrected chi connectivity index (χ4v) is 3.05. The number of nitro benzene ring substituents is 1. The minimum Gasteiger partial charge on any atom is -0.478 e. The average Bonchev–Trinajstić information content (AvgIpc) is 2.68. The first-order valence-electron chi connectivity index (χ1n) is 9.02. The lowest BCUT2D eigenvalue weighted by molar-refractivity contribution is -0.384. The molecule has 0 aliphatic carbocycles. The molecular weight excluding hydrogens is 362 g/mol. The molecule has 1 atom stereocenters. The number of benzene rings is 2. The molecule has 1 unspecified atom stereocenters. The number of non-ortho nitro benzene ring substituents is 1.